The van der Waals surface area contributed by atoms with Gasteiger partial charge in [0.05, 0.1) is 5.56 Å². The number of benzene rings is 2. The molecule has 0 aromatic heterocycles. The monoisotopic (exact) mass is 400 g/mol. The molecule has 1 aliphatic rings. The van der Waals surface area contributed by atoms with Crippen molar-refractivity contribution in [2.45, 2.75) is 6.92 Å². The zero-order valence-corrected chi connectivity index (χ0v) is 16.5. The lowest BCUT2D eigenvalue weighted by molar-refractivity contribution is -0.135. The van der Waals surface area contributed by atoms with Gasteiger partial charge in [0.2, 0.25) is 0 Å². The van der Waals surface area contributed by atoms with Crippen LogP contribution in [0.15, 0.2) is 48.5 Å². The van der Waals surface area contributed by atoms with E-state index in [9.17, 15) is 14.0 Å². The van der Waals surface area contributed by atoms with E-state index in [1.54, 1.807) is 17.0 Å². The van der Waals surface area contributed by atoms with Crippen molar-refractivity contribution in [1.82, 2.24) is 9.80 Å². The van der Waals surface area contributed by atoms with E-state index < -0.39 is 0 Å². The van der Waals surface area contributed by atoms with Crippen molar-refractivity contribution in [2.75, 3.05) is 45.9 Å². The third-order valence-corrected chi connectivity index (χ3v) is 4.83. The van der Waals surface area contributed by atoms with Crippen LogP contribution in [-0.4, -0.2) is 67.4 Å². The largest absolute Gasteiger partial charge is 0.491 e. The van der Waals surface area contributed by atoms with Crippen LogP contribution in [0.3, 0.4) is 0 Å². The number of ether oxygens (including phenoxy) is 2. The van der Waals surface area contributed by atoms with Crippen molar-refractivity contribution in [3.05, 3.63) is 59.9 Å². The van der Waals surface area contributed by atoms with Gasteiger partial charge in [-0.1, -0.05) is 12.1 Å². The highest BCUT2D eigenvalue weighted by atomic mass is 19.1. The van der Waals surface area contributed by atoms with Gasteiger partial charge in [-0.3, -0.25) is 14.5 Å². The highest BCUT2D eigenvalue weighted by Crippen LogP contribution is 2.18. The molecule has 1 heterocycles. The first-order valence-corrected chi connectivity index (χ1v) is 9.64. The number of carbonyl (C=O) groups is 2. The van der Waals surface area contributed by atoms with E-state index in [-0.39, 0.29) is 24.1 Å². The summed E-state index contributed by atoms with van der Waals surface area (Å²) in [7, 11) is 0. The molecule has 0 radical (unpaired) electrons. The molecule has 0 saturated carbocycles. The summed E-state index contributed by atoms with van der Waals surface area (Å²) in [6.07, 6.45) is 0. The van der Waals surface area contributed by atoms with Crippen LogP contribution in [-0.2, 0) is 4.79 Å². The minimum atomic E-state index is -0.339. The van der Waals surface area contributed by atoms with Crippen molar-refractivity contribution >= 4 is 11.7 Å². The zero-order valence-electron chi connectivity index (χ0n) is 16.5. The molecule has 1 aliphatic heterocycles. The van der Waals surface area contributed by atoms with E-state index in [2.05, 4.69) is 4.90 Å². The highest BCUT2D eigenvalue weighted by molar-refractivity contribution is 5.96. The topological polar surface area (TPSA) is 59.1 Å². The minimum Gasteiger partial charge on any atom is -0.491 e. The number of ketones is 1. The fourth-order valence-corrected chi connectivity index (χ4v) is 3.16. The van der Waals surface area contributed by atoms with Gasteiger partial charge in [0.15, 0.2) is 12.4 Å². The summed E-state index contributed by atoms with van der Waals surface area (Å²) in [6.45, 7) is 5.41. The summed E-state index contributed by atoms with van der Waals surface area (Å²) in [5, 5.41) is 0. The fraction of sp³-hybridized carbons (Fsp3) is 0.364. The predicted molar refractivity (Wildman–Crippen MR) is 107 cm³/mol. The summed E-state index contributed by atoms with van der Waals surface area (Å²) >= 11 is 0. The molecule has 29 heavy (non-hydrogen) atoms. The summed E-state index contributed by atoms with van der Waals surface area (Å²) in [4.78, 5) is 27.9. The van der Waals surface area contributed by atoms with E-state index in [0.717, 1.165) is 19.6 Å². The molecule has 0 aliphatic carbocycles. The third-order valence-electron chi connectivity index (χ3n) is 4.83. The molecule has 154 valence electrons. The number of hydrogen-bond donors (Lipinski definition) is 0. The van der Waals surface area contributed by atoms with Gasteiger partial charge in [0.1, 0.15) is 23.9 Å². The Bertz CT molecular complexity index is 833. The maximum Gasteiger partial charge on any atom is 0.260 e. The maximum atomic E-state index is 12.9. The van der Waals surface area contributed by atoms with Gasteiger partial charge in [0.25, 0.3) is 5.91 Å². The minimum absolute atomic E-state index is 0.0180. The summed E-state index contributed by atoms with van der Waals surface area (Å²) < 4.78 is 24.1. The van der Waals surface area contributed by atoms with Crippen LogP contribution >= 0.6 is 0 Å². The lowest BCUT2D eigenvalue weighted by atomic mass is 10.1. The van der Waals surface area contributed by atoms with Crippen LogP contribution in [0.2, 0.25) is 0 Å². The number of Topliss-reactive ketones (excluding diaryl/α,β-unsaturated/α-hetero) is 1. The van der Waals surface area contributed by atoms with Gasteiger partial charge in [-0.25, -0.2) is 4.39 Å². The van der Waals surface area contributed by atoms with Gasteiger partial charge in [-0.15, -0.1) is 0 Å². The van der Waals surface area contributed by atoms with E-state index in [0.29, 0.717) is 36.8 Å². The Morgan fingerprint density at radius 1 is 0.966 bits per heavy atom. The zero-order chi connectivity index (χ0) is 20.6. The normalized spacial score (nSPS) is 14.5. The number of nitrogens with zero attached hydrogens (tertiary/aromatic N) is 2. The Labute approximate surface area is 169 Å². The number of carbonyl (C=O) groups excluding carboxylic acids is 2. The Kier molecular flexibility index (Phi) is 7.19. The molecule has 0 unspecified atom stereocenters. The van der Waals surface area contributed by atoms with Crippen LogP contribution in [0.25, 0.3) is 0 Å². The second kappa shape index (κ2) is 10.0. The predicted octanol–water partition coefficient (Wildman–Crippen LogP) is 2.63. The Morgan fingerprint density at radius 2 is 1.66 bits per heavy atom. The van der Waals surface area contributed by atoms with Crippen LogP contribution in [0.4, 0.5) is 4.39 Å². The first kappa shape index (κ1) is 20.8. The molecule has 7 heteroatoms. The van der Waals surface area contributed by atoms with Gasteiger partial charge >= 0.3 is 0 Å². The molecular formula is C22H25FN2O4. The molecule has 3 rings (SSSR count). The standard InChI is InChI=1S/C22H25FN2O4/c1-17(26)20-4-2-3-5-21(20)28-15-14-24-10-12-25(13-11-24)22(27)16-29-19-8-6-18(23)7-9-19/h2-9H,10-16H2,1H3. The molecular weight excluding hydrogens is 375 g/mol. The number of amides is 1. The summed E-state index contributed by atoms with van der Waals surface area (Å²) in [5.41, 5.74) is 0.587. The van der Waals surface area contributed by atoms with Crippen molar-refractivity contribution in [3.8, 4) is 11.5 Å². The number of piperazine rings is 1. The second-order valence-electron chi connectivity index (χ2n) is 6.87. The molecule has 0 atom stereocenters. The van der Waals surface area contributed by atoms with E-state index in [4.69, 9.17) is 9.47 Å². The third kappa shape index (κ3) is 6.02. The van der Waals surface area contributed by atoms with Crippen molar-refractivity contribution in [2.24, 2.45) is 0 Å². The molecule has 1 fully saturated rings. The molecule has 6 nitrogen and oxygen atoms in total. The van der Waals surface area contributed by atoms with Crippen LogP contribution < -0.4 is 9.47 Å². The average molecular weight is 400 g/mol. The molecule has 0 spiro atoms. The lowest BCUT2D eigenvalue weighted by Gasteiger charge is -2.34. The summed E-state index contributed by atoms with van der Waals surface area (Å²) in [5.74, 6) is 0.637. The smallest absolute Gasteiger partial charge is 0.260 e. The molecule has 2 aromatic rings. The molecule has 0 N–H and O–H groups in total. The number of rotatable bonds is 8. The van der Waals surface area contributed by atoms with Gasteiger partial charge < -0.3 is 14.4 Å². The number of hydrogen-bond acceptors (Lipinski definition) is 5. The average Bonchev–Trinajstić information content (AvgIpc) is 2.74. The van der Waals surface area contributed by atoms with Gasteiger partial charge in [-0.05, 0) is 43.3 Å². The van der Waals surface area contributed by atoms with Crippen LogP contribution in [0.5, 0.6) is 11.5 Å². The number of para-hydroxylation sites is 1. The van der Waals surface area contributed by atoms with Crippen molar-refractivity contribution in [3.63, 3.8) is 0 Å². The van der Waals surface area contributed by atoms with E-state index in [1.165, 1.54) is 31.2 Å². The molecule has 1 amide bonds. The quantitative estimate of drug-likeness (QED) is 0.638. The fourth-order valence-electron chi connectivity index (χ4n) is 3.16. The summed E-state index contributed by atoms with van der Waals surface area (Å²) in [6, 6.07) is 12.8. The highest BCUT2D eigenvalue weighted by Gasteiger charge is 2.21. The number of halogens is 1. The molecule has 1 saturated heterocycles. The SMILES string of the molecule is CC(=O)c1ccccc1OCCN1CCN(C(=O)COc2ccc(F)cc2)CC1. The van der Waals surface area contributed by atoms with E-state index >= 15 is 0 Å². The first-order chi connectivity index (χ1) is 14.0. The Balaban J connectivity index is 1.37. The van der Waals surface area contributed by atoms with Crippen LogP contribution in [0.1, 0.15) is 17.3 Å². The van der Waals surface area contributed by atoms with Crippen LogP contribution in [0, 0.1) is 5.82 Å². The van der Waals surface area contributed by atoms with Gasteiger partial charge in [-0.2, -0.15) is 0 Å². The Morgan fingerprint density at radius 3 is 2.34 bits per heavy atom. The first-order valence-electron chi connectivity index (χ1n) is 9.64. The molecule has 0 bridgehead atoms. The van der Waals surface area contributed by atoms with Crippen molar-refractivity contribution < 1.29 is 23.5 Å². The lowest BCUT2D eigenvalue weighted by Crippen LogP contribution is -2.50. The van der Waals surface area contributed by atoms with Crippen molar-refractivity contribution in [1.29, 1.82) is 0 Å². The van der Waals surface area contributed by atoms with Gasteiger partial charge in [0, 0.05) is 32.7 Å². The van der Waals surface area contributed by atoms with E-state index in [1.807, 2.05) is 12.1 Å². The Hall–Kier alpha value is -2.93. The maximum absolute atomic E-state index is 12.9. The second-order valence-corrected chi connectivity index (χ2v) is 6.87. The molecule has 2 aromatic carbocycles.